The number of aromatic amines is 1. The van der Waals surface area contributed by atoms with E-state index in [1.807, 2.05) is 48.7 Å². The van der Waals surface area contributed by atoms with E-state index in [9.17, 15) is 0 Å². The molecule has 0 radical (unpaired) electrons. The molecule has 19 heavy (non-hydrogen) atoms. The summed E-state index contributed by atoms with van der Waals surface area (Å²) in [5.74, 6) is 2.32. The van der Waals surface area contributed by atoms with Crippen molar-refractivity contribution in [2.24, 2.45) is 0 Å². The molecule has 0 bridgehead atoms. The maximum absolute atomic E-state index is 5.90. The summed E-state index contributed by atoms with van der Waals surface area (Å²) in [6, 6.07) is 13.6. The van der Waals surface area contributed by atoms with Gasteiger partial charge in [0.05, 0.1) is 7.11 Å². The van der Waals surface area contributed by atoms with Gasteiger partial charge in [-0.05, 0) is 30.3 Å². The van der Waals surface area contributed by atoms with Crippen LogP contribution in [0.15, 0.2) is 53.1 Å². The van der Waals surface area contributed by atoms with Crippen molar-refractivity contribution < 1.29 is 9.47 Å². The van der Waals surface area contributed by atoms with Gasteiger partial charge in [0, 0.05) is 27.6 Å². The summed E-state index contributed by atoms with van der Waals surface area (Å²) >= 11 is 3.47. The zero-order valence-electron chi connectivity index (χ0n) is 10.3. The number of nitrogens with one attached hydrogen (secondary N) is 1. The zero-order chi connectivity index (χ0) is 13.2. The summed E-state index contributed by atoms with van der Waals surface area (Å²) < 4.78 is 12.1. The fourth-order valence-electron chi connectivity index (χ4n) is 1.94. The van der Waals surface area contributed by atoms with Gasteiger partial charge in [-0.2, -0.15) is 0 Å². The van der Waals surface area contributed by atoms with E-state index in [0.717, 1.165) is 32.6 Å². The quantitative estimate of drug-likeness (QED) is 0.757. The molecule has 1 aromatic heterocycles. The molecule has 1 heterocycles. The molecule has 0 aliphatic rings. The van der Waals surface area contributed by atoms with Crippen LogP contribution in [0.2, 0.25) is 0 Å². The minimum atomic E-state index is 0.750. The molecule has 0 atom stereocenters. The van der Waals surface area contributed by atoms with Crippen molar-refractivity contribution in [3.63, 3.8) is 0 Å². The van der Waals surface area contributed by atoms with Crippen LogP contribution in [-0.4, -0.2) is 12.1 Å². The van der Waals surface area contributed by atoms with Gasteiger partial charge in [-0.25, -0.2) is 0 Å². The number of ether oxygens (including phenoxy) is 2. The second-order valence-corrected chi connectivity index (χ2v) is 5.04. The monoisotopic (exact) mass is 317 g/mol. The normalized spacial score (nSPS) is 10.6. The first-order valence-electron chi connectivity index (χ1n) is 5.85. The van der Waals surface area contributed by atoms with E-state index in [1.54, 1.807) is 7.11 Å². The van der Waals surface area contributed by atoms with Crippen molar-refractivity contribution in [1.29, 1.82) is 0 Å². The molecule has 0 saturated carbocycles. The molecule has 96 valence electrons. The molecule has 0 aliphatic carbocycles. The number of halogens is 1. The molecule has 3 rings (SSSR count). The van der Waals surface area contributed by atoms with E-state index in [2.05, 4.69) is 20.9 Å². The van der Waals surface area contributed by atoms with E-state index in [0.29, 0.717) is 0 Å². The molecule has 3 aromatic rings. The first kappa shape index (κ1) is 12.1. The maximum Gasteiger partial charge on any atom is 0.152 e. The number of fused-ring (bicyclic) bond motifs is 1. The summed E-state index contributed by atoms with van der Waals surface area (Å²) in [7, 11) is 1.64. The Morgan fingerprint density at radius 1 is 1.05 bits per heavy atom. The third-order valence-electron chi connectivity index (χ3n) is 2.87. The molecule has 0 fully saturated rings. The third kappa shape index (κ3) is 2.44. The van der Waals surface area contributed by atoms with Gasteiger partial charge in [0.25, 0.3) is 0 Å². The van der Waals surface area contributed by atoms with Crippen LogP contribution in [-0.2, 0) is 0 Å². The molecule has 3 nitrogen and oxygen atoms in total. The second-order valence-electron chi connectivity index (χ2n) is 4.12. The van der Waals surface area contributed by atoms with Gasteiger partial charge in [-0.1, -0.05) is 22.0 Å². The molecule has 0 unspecified atom stereocenters. The number of benzene rings is 2. The molecule has 0 saturated heterocycles. The third-order valence-corrected chi connectivity index (χ3v) is 3.37. The second kappa shape index (κ2) is 4.97. The van der Waals surface area contributed by atoms with Crippen LogP contribution in [0.4, 0.5) is 0 Å². The summed E-state index contributed by atoms with van der Waals surface area (Å²) in [6.07, 6.45) is 1.86. The van der Waals surface area contributed by atoms with Crippen molar-refractivity contribution in [3.05, 3.63) is 53.1 Å². The molecular formula is C15H12BrNO2. The molecule has 1 N–H and O–H groups in total. The summed E-state index contributed by atoms with van der Waals surface area (Å²) in [5, 5.41) is 1.04. The lowest BCUT2D eigenvalue weighted by atomic mass is 10.2. The number of H-pyrrole nitrogens is 1. The van der Waals surface area contributed by atoms with Crippen LogP contribution < -0.4 is 9.47 Å². The van der Waals surface area contributed by atoms with Crippen LogP contribution in [0.25, 0.3) is 10.9 Å². The smallest absolute Gasteiger partial charge is 0.152 e. The minimum absolute atomic E-state index is 0.750. The van der Waals surface area contributed by atoms with Gasteiger partial charge in [0.15, 0.2) is 5.75 Å². The zero-order valence-corrected chi connectivity index (χ0v) is 11.9. The molecule has 0 amide bonds. The largest absolute Gasteiger partial charge is 0.497 e. The molecule has 2 aromatic carbocycles. The Labute approximate surface area is 119 Å². The first-order valence-corrected chi connectivity index (χ1v) is 6.64. The first-order chi connectivity index (χ1) is 9.26. The van der Waals surface area contributed by atoms with Crippen LogP contribution in [0.1, 0.15) is 0 Å². The molecule has 0 aliphatic heterocycles. The van der Waals surface area contributed by atoms with Crippen molar-refractivity contribution in [1.82, 2.24) is 4.98 Å². The van der Waals surface area contributed by atoms with Gasteiger partial charge in [0.2, 0.25) is 0 Å². The number of hydrogen-bond acceptors (Lipinski definition) is 2. The molecular weight excluding hydrogens is 306 g/mol. The van der Waals surface area contributed by atoms with Crippen molar-refractivity contribution >= 4 is 26.8 Å². The summed E-state index contributed by atoms with van der Waals surface area (Å²) in [4.78, 5) is 3.19. The Morgan fingerprint density at radius 2 is 1.89 bits per heavy atom. The maximum atomic E-state index is 5.90. The van der Waals surface area contributed by atoms with Crippen LogP contribution >= 0.6 is 15.9 Å². The highest BCUT2D eigenvalue weighted by atomic mass is 79.9. The van der Waals surface area contributed by atoms with E-state index in [1.165, 1.54) is 0 Å². The number of hydrogen-bond donors (Lipinski definition) is 1. The predicted octanol–water partition coefficient (Wildman–Crippen LogP) is 4.73. The Balaban J connectivity index is 1.98. The van der Waals surface area contributed by atoms with Gasteiger partial charge >= 0.3 is 0 Å². The van der Waals surface area contributed by atoms with Crippen molar-refractivity contribution in [2.75, 3.05) is 7.11 Å². The van der Waals surface area contributed by atoms with Crippen LogP contribution in [0.3, 0.4) is 0 Å². The fraction of sp³-hybridized carbons (Fsp3) is 0.0667. The van der Waals surface area contributed by atoms with Crippen molar-refractivity contribution in [2.45, 2.75) is 0 Å². The Hall–Kier alpha value is -1.94. The fourth-order valence-corrected chi connectivity index (χ4v) is 2.30. The Bertz CT molecular complexity index is 721. The SMILES string of the molecule is COc1cccc(Oc2c[nH]c3ccc(Br)cc23)c1. The molecule has 0 spiro atoms. The minimum Gasteiger partial charge on any atom is -0.497 e. The van der Waals surface area contributed by atoms with Gasteiger partial charge in [0.1, 0.15) is 11.5 Å². The lowest BCUT2D eigenvalue weighted by molar-refractivity contribution is 0.409. The predicted molar refractivity (Wildman–Crippen MR) is 79.1 cm³/mol. The lowest BCUT2D eigenvalue weighted by Gasteiger charge is -2.06. The van der Waals surface area contributed by atoms with Crippen molar-refractivity contribution in [3.8, 4) is 17.2 Å². The topological polar surface area (TPSA) is 34.2 Å². The number of methoxy groups -OCH3 is 1. The van der Waals surface area contributed by atoms with E-state index in [4.69, 9.17) is 9.47 Å². The average Bonchev–Trinajstić information content (AvgIpc) is 2.81. The van der Waals surface area contributed by atoms with Gasteiger partial charge in [-0.3, -0.25) is 0 Å². The highest BCUT2D eigenvalue weighted by Gasteiger charge is 2.07. The summed E-state index contributed by atoms with van der Waals surface area (Å²) in [5.41, 5.74) is 1.04. The van der Waals surface area contributed by atoms with Gasteiger partial charge in [-0.15, -0.1) is 0 Å². The standard InChI is InChI=1S/C15H12BrNO2/c1-18-11-3-2-4-12(8-11)19-15-9-17-14-6-5-10(16)7-13(14)15/h2-9,17H,1H3. The van der Waals surface area contributed by atoms with E-state index in [-0.39, 0.29) is 0 Å². The summed E-state index contributed by atoms with van der Waals surface area (Å²) in [6.45, 7) is 0. The highest BCUT2D eigenvalue weighted by molar-refractivity contribution is 9.10. The lowest BCUT2D eigenvalue weighted by Crippen LogP contribution is -1.85. The number of rotatable bonds is 3. The van der Waals surface area contributed by atoms with Crippen LogP contribution in [0, 0.1) is 0 Å². The average molecular weight is 318 g/mol. The molecule has 4 heteroatoms. The van der Waals surface area contributed by atoms with E-state index >= 15 is 0 Å². The highest BCUT2D eigenvalue weighted by Crippen LogP contribution is 2.32. The van der Waals surface area contributed by atoms with Gasteiger partial charge < -0.3 is 14.5 Å². The van der Waals surface area contributed by atoms with E-state index < -0.39 is 0 Å². The Kier molecular flexibility index (Phi) is 3.17. The number of aromatic nitrogens is 1. The van der Waals surface area contributed by atoms with Crippen LogP contribution in [0.5, 0.6) is 17.2 Å². The Morgan fingerprint density at radius 3 is 2.74 bits per heavy atom.